The Morgan fingerprint density at radius 3 is 2.52 bits per heavy atom. The molecule has 10 heteroatoms. The van der Waals surface area contributed by atoms with Gasteiger partial charge in [-0.05, 0) is 37.4 Å². The highest BCUT2D eigenvalue weighted by atomic mass is 19.4. The maximum Gasteiger partial charge on any atom is 0.401 e. The molecule has 0 amide bonds. The van der Waals surface area contributed by atoms with Crippen LogP contribution in [0.2, 0.25) is 0 Å². The van der Waals surface area contributed by atoms with E-state index in [9.17, 15) is 22.0 Å². The summed E-state index contributed by atoms with van der Waals surface area (Å²) >= 11 is 0. The minimum absolute atomic E-state index is 0.0181. The van der Waals surface area contributed by atoms with Gasteiger partial charge in [-0.2, -0.15) is 13.2 Å². The van der Waals surface area contributed by atoms with E-state index in [1.54, 1.807) is 11.9 Å². The molecule has 0 spiro atoms. The number of hydrogen-bond acceptors (Lipinski definition) is 3. The van der Waals surface area contributed by atoms with Crippen LogP contribution in [0.15, 0.2) is 23.2 Å². The van der Waals surface area contributed by atoms with Gasteiger partial charge in [0.2, 0.25) is 0 Å². The summed E-state index contributed by atoms with van der Waals surface area (Å²) in [5.41, 5.74) is -0.0181. The standard InChI is InChI=1S/C19H26F5N5/c1-25-18(26-9-13-5-7-28(10-13)12-19(22,23)24)27-14-6-8-29(11-14)17-15(20)3-2-4-16(17)21/h2-4,13-14H,5-12H2,1H3,(H2,25,26,27). The van der Waals surface area contributed by atoms with E-state index in [-0.39, 0.29) is 17.6 Å². The van der Waals surface area contributed by atoms with Crippen LogP contribution in [-0.2, 0) is 0 Å². The lowest BCUT2D eigenvalue weighted by molar-refractivity contribution is -0.143. The quantitative estimate of drug-likeness (QED) is 0.438. The van der Waals surface area contributed by atoms with Crippen LogP contribution < -0.4 is 15.5 Å². The molecule has 2 atom stereocenters. The molecular formula is C19H26F5N5. The third-order valence-corrected chi connectivity index (χ3v) is 5.34. The Kier molecular flexibility index (Phi) is 6.81. The molecule has 1 aromatic carbocycles. The number of nitrogens with one attached hydrogen (secondary N) is 2. The molecule has 2 aliphatic heterocycles. The zero-order chi connectivity index (χ0) is 21.0. The molecule has 0 aliphatic carbocycles. The van der Waals surface area contributed by atoms with Crippen LogP contribution >= 0.6 is 0 Å². The molecule has 0 saturated carbocycles. The molecule has 2 heterocycles. The predicted octanol–water partition coefficient (Wildman–Crippen LogP) is 2.59. The molecule has 2 N–H and O–H groups in total. The molecule has 2 aliphatic rings. The number of aliphatic imine (C=N–C) groups is 1. The smallest absolute Gasteiger partial charge is 0.365 e. The number of para-hydroxylation sites is 1. The van der Waals surface area contributed by atoms with Crippen molar-refractivity contribution in [2.75, 3.05) is 51.2 Å². The van der Waals surface area contributed by atoms with Gasteiger partial charge in [-0.1, -0.05) is 6.07 Å². The van der Waals surface area contributed by atoms with Gasteiger partial charge >= 0.3 is 6.18 Å². The third-order valence-electron chi connectivity index (χ3n) is 5.34. The highest BCUT2D eigenvalue weighted by Crippen LogP contribution is 2.27. The Labute approximate surface area is 167 Å². The van der Waals surface area contributed by atoms with Crippen molar-refractivity contribution >= 4 is 11.6 Å². The van der Waals surface area contributed by atoms with Crippen molar-refractivity contribution in [3.8, 4) is 0 Å². The number of alkyl halides is 3. The molecule has 29 heavy (non-hydrogen) atoms. The molecule has 0 bridgehead atoms. The van der Waals surface area contributed by atoms with Gasteiger partial charge in [-0.15, -0.1) is 0 Å². The zero-order valence-electron chi connectivity index (χ0n) is 16.3. The lowest BCUT2D eigenvalue weighted by Gasteiger charge is -2.22. The molecule has 0 radical (unpaired) electrons. The SMILES string of the molecule is CN=C(NCC1CCN(CC(F)(F)F)C1)NC1CCN(c2c(F)cccc2F)C1. The average Bonchev–Trinajstić information content (AvgIpc) is 3.26. The second-order valence-electron chi connectivity index (χ2n) is 7.60. The van der Waals surface area contributed by atoms with Crippen LogP contribution in [0.25, 0.3) is 0 Å². The first-order valence-corrected chi connectivity index (χ1v) is 9.70. The van der Waals surface area contributed by atoms with Crippen LogP contribution in [0.1, 0.15) is 12.8 Å². The van der Waals surface area contributed by atoms with E-state index in [1.165, 1.54) is 23.1 Å². The average molecular weight is 419 g/mol. The van der Waals surface area contributed by atoms with Crippen LogP contribution in [0.5, 0.6) is 0 Å². The predicted molar refractivity (Wildman–Crippen MR) is 102 cm³/mol. The number of nitrogens with zero attached hydrogens (tertiary/aromatic N) is 3. The number of benzene rings is 1. The van der Waals surface area contributed by atoms with Gasteiger partial charge in [0.05, 0.1) is 6.54 Å². The fourth-order valence-electron chi connectivity index (χ4n) is 3.98. The van der Waals surface area contributed by atoms with E-state index in [4.69, 9.17) is 0 Å². The first-order valence-electron chi connectivity index (χ1n) is 9.70. The van der Waals surface area contributed by atoms with E-state index in [1.807, 2.05) is 0 Å². The largest absolute Gasteiger partial charge is 0.401 e. The summed E-state index contributed by atoms with van der Waals surface area (Å²) in [7, 11) is 1.61. The van der Waals surface area contributed by atoms with Crippen molar-refractivity contribution < 1.29 is 22.0 Å². The highest BCUT2D eigenvalue weighted by molar-refractivity contribution is 5.80. The van der Waals surface area contributed by atoms with E-state index < -0.39 is 24.4 Å². The first kappa shape index (κ1) is 21.6. The Morgan fingerprint density at radius 2 is 1.86 bits per heavy atom. The lowest BCUT2D eigenvalue weighted by Crippen LogP contribution is -2.46. The summed E-state index contributed by atoms with van der Waals surface area (Å²) in [6, 6.07) is 3.78. The molecule has 1 aromatic rings. The van der Waals surface area contributed by atoms with Crippen molar-refractivity contribution in [3.05, 3.63) is 29.8 Å². The second kappa shape index (κ2) is 9.15. The molecule has 162 valence electrons. The van der Waals surface area contributed by atoms with Crippen LogP contribution in [-0.4, -0.2) is 69.4 Å². The van der Waals surface area contributed by atoms with Crippen molar-refractivity contribution in [1.29, 1.82) is 0 Å². The van der Waals surface area contributed by atoms with Crippen molar-refractivity contribution in [3.63, 3.8) is 0 Å². The van der Waals surface area contributed by atoms with Gasteiger partial charge in [0, 0.05) is 39.3 Å². The zero-order valence-corrected chi connectivity index (χ0v) is 16.3. The Morgan fingerprint density at radius 1 is 1.14 bits per heavy atom. The van der Waals surface area contributed by atoms with Crippen LogP contribution in [0.3, 0.4) is 0 Å². The molecule has 0 aromatic heterocycles. The number of halogens is 5. The Bertz CT molecular complexity index is 703. The van der Waals surface area contributed by atoms with Crippen molar-refractivity contribution in [1.82, 2.24) is 15.5 Å². The highest BCUT2D eigenvalue weighted by Gasteiger charge is 2.34. The molecule has 2 fully saturated rings. The van der Waals surface area contributed by atoms with E-state index in [0.29, 0.717) is 51.5 Å². The van der Waals surface area contributed by atoms with Crippen molar-refractivity contribution in [2.45, 2.75) is 25.1 Å². The number of anilines is 1. The van der Waals surface area contributed by atoms with Gasteiger partial charge in [0.25, 0.3) is 0 Å². The summed E-state index contributed by atoms with van der Waals surface area (Å²) in [5, 5.41) is 6.40. The number of hydrogen-bond donors (Lipinski definition) is 2. The van der Waals surface area contributed by atoms with Gasteiger partial charge < -0.3 is 15.5 Å². The Balaban J connectivity index is 1.45. The number of guanidine groups is 1. The van der Waals surface area contributed by atoms with E-state index in [2.05, 4.69) is 15.6 Å². The molecule has 2 saturated heterocycles. The fourth-order valence-corrected chi connectivity index (χ4v) is 3.98. The minimum Gasteiger partial charge on any atom is -0.365 e. The lowest BCUT2D eigenvalue weighted by atomic mass is 10.1. The normalized spacial score (nSPS) is 23.7. The van der Waals surface area contributed by atoms with Crippen molar-refractivity contribution in [2.24, 2.45) is 10.9 Å². The fraction of sp³-hybridized carbons (Fsp3) is 0.632. The number of likely N-dealkylation sites (tertiary alicyclic amines) is 1. The minimum atomic E-state index is -4.17. The topological polar surface area (TPSA) is 42.9 Å². The third kappa shape index (κ3) is 5.94. The van der Waals surface area contributed by atoms with Gasteiger partial charge in [-0.25, -0.2) is 8.78 Å². The molecular weight excluding hydrogens is 393 g/mol. The summed E-state index contributed by atoms with van der Waals surface area (Å²) in [6.07, 6.45) is -2.78. The van der Waals surface area contributed by atoms with Gasteiger partial charge in [-0.3, -0.25) is 9.89 Å². The molecule has 3 rings (SSSR count). The van der Waals surface area contributed by atoms with E-state index >= 15 is 0 Å². The second-order valence-corrected chi connectivity index (χ2v) is 7.60. The maximum atomic E-state index is 14.0. The summed E-state index contributed by atoms with van der Waals surface area (Å²) in [4.78, 5) is 7.24. The Hall–Kier alpha value is -2.10. The summed E-state index contributed by atoms with van der Waals surface area (Å²) in [5.74, 6) is -0.515. The molecule has 2 unspecified atom stereocenters. The van der Waals surface area contributed by atoms with Gasteiger partial charge in [0.15, 0.2) is 5.96 Å². The van der Waals surface area contributed by atoms with Gasteiger partial charge in [0.1, 0.15) is 17.3 Å². The summed E-state index contributed by atoms with van der Waals surface area (Å²) in [6.45, 7) is 1.42. The molecule has 5 nitrogen and oxygen atoms in total. The summed E-state index contributed by atoms with van der Waals surface area (Å²) < 4.78 is 65.4. The number of rotatable bonds is 5. The van der Waals surface area contributed by atoms with Crippen LogP contribution in [0.4, 0.5) is 27.6 Å². The first-order chi connectivity index (χ1) is 13.7. The monoisotopic (exact) mass is 419 g/mol. The maximum absolute atomic E-state index is 14.0. The van der Waals surface area contributed by atoms with Crippen LogP contribution in [0, 0.1) is 17.6 Å². The van der Waals surface area contributed by atoms with E-state index in [0.717, 1.165) is 0 Å².